The van der Waals surface area contributed by atoms with Crippen molar-refractivity contribution >= 4 is 5.82 Å². The second-order valence-electron chi connectivity index (χ2n) is 4.02. The van der Waals surface area contributed by atoms with Crippen molar-refractivity contribution in [3.05, 3.63) is 12.4 Å². The van der Waals surface area contributed by atoms with Crippen molar-refractivity contribution in [2.24, 2.45) is 5.92 Å². The molecular formula is C11H17N3O. The van der Waals surface area contributed by atoms with Gasteiger partial charge in [0.2, 0.25) is 5.88 Å². The van der Waals surface area contributed by atoms with Crippen molar-refractivity contribution in [3.63, 3.8) is 0 Å². The minimum atomic E-state index is 0.564. The molecule has 0 amide bonds. The van der Waals surface area contributed by atoms with Crippen molar-refractivity contribution in [3.8, 4) is 5.88 Å². The van der Waals surface area contributed by atoms with Gasteiger partial charge in [0.1, 0.15) is 12.1 Å². The molecule has 1 saturated heterocycles. The Bertz CT molecular complexity index is 342. The van der Waals surface area contributed by atoms with E-state index in [0.717, 1.165) is 18.3 Å². The van der Waals surface area contributed by atoms with Gasteiger partial charge in [0.05, 0.1) is 6.61 Å². The predicted octanol–water partition coefficient (Wildman–Crippen LogP) is 1.72. The summed E-state index contributed by atoms with van der Waals surface area (Å²) in [5.41, 5.74) is 0. The summed E-state index contributed by atoms with van der Waals surface area (Å²) in [6.07, 6.45) is 1.57. The first-order valence-electron chi connectivity index (χ1n) is 5.44. The second kappa shape index (κ2) is 4.04. The van der Waals surface area contributed by atoms with Crippen LogP contribution in [-0.4, -0.2) is 29.2 Å². The van der Waals surface area contributed by atoms with E-state index in [1.54, 1.807) is 6.33 Å². The average Bonchev–Trinajstić information content (AvgIpc) is 2.26. The molecule has 1 aliphatic heterocycles. The van der Waals surface area contributed by atoms with Gasteiger partial charge in [0.25, 0.3) is 0 Å². The molecule has 4 heteroatoms. The number of nitrogens with zero attached hydrogens (tertiary/aromatic N) is 3. The lowest BCUT2D eigenvalue weighted by atomic mass is 9.92. The zero-order valence-electron chi connectivity index (χ0n) is 9.47. The molecule has 1 aliphatic rings. The molecule has 2 atom stereocenters. The number of aromatic nitrogens is 2. The van der Waals surface area contributed by atoms with Gasteiger partial charge in [-0.3, -0.25) is 0 Å². The molecule has 4 nitrogen and oxygen atoms in total. The highest BCUT2D eigenvalue weighted by Gasteiger charge is 2.32. The van der Waals surface area contributed by atoms with Crippen molar-refractivity contribution in [1.82, 2.24) is 9.97 Å². The lowest BCUT2D eigenvalue weighted by molar-refractivity contribution is 0.320. The molecule has 1 fully saturated rings. The summed E-state index contributed by atoms with van der Waals surface area (Å²) in [5, 5.41) is 0. The van der Waals surface area contributed by atoms with Crippen LogP contribution in [0.3, 0.4) is 0 Å². The van der Waals surface area contributed by atoms with Crippen molar-refractivity contribution in [1.29, 1.82) is 0 Å². The maximum Gasteiger partial charge on any atom is 0.218 e. The summed E-state index contributed by atoms with van der Waals surface area (Å²) in [4.78, 5) is 10.6. The third-order valence-corrected chi connectivity index (χ3v) is 3.01. The van der Waals surface area contributed by atoms with E-state index in [-0.39, 0.29) is 0 Å². The Balaban J connectivity index is 2.12. The normalized spacial score (nSPS) is 24.9. The molecule has 0 bridgehead atoms. The molecule has 1 aromatic rings. The Hall–Kier alpha value is -1.32. The van der Waals surface area contributed by atoms with Crippen LogP contribution in [0.5, 0.6) is 5.88 Å². The van der Waals surface area contributed by atoms with Crippen LogP contribution in [0.15, 0.2) is 12.4 Å². The Morgan fingerprint density at radius 3 is 2.87 bits per heavy atom. The van der Waals surface area contributed by atoms with Crippen molar-refractivity contribution in [2.45, 2.75) is 26.8 Å². The Morgan fingerprint density at radius 2 is 2.27 bits per heavy atom. The standard InChI is InChI=1S/C11H17N3O/c1-4-15-11-5-10(12-7-13-11)14-6-8(2)9(14)3/h5,7-9H,4,6H2,1-3H3. The molecular weight excluding hydrogens is 190 g/mol. The van der Waals surface area contributed by atoms with E-state index in [1.807, 2.05) is 13.0 Å². The minimum absolute atomic E-state index is 0.564. The predicted molar refractivity (Wildman–Crippen MR) is 59.2 cm³/mol. The first-order valence-corrected chi connectivity index (χ1v) is 5.44. The zero-order chi connectivity index (χ0) is 10.8. The van der Waals surface area contributed by atoms with E-state index in [4.69, 9.17) is 4.74 Å². The maximum absolute atomic E-state index is 5.35. The monoisotopic (exact) mass is 207 g/mol. The van der Waals surface area contributed by atoms with Crippen LogP contribution in [-0.2, 0) is 0 Å². The molecule has 0 spiro atoms. The number of hydrogen-bond acceptors (Lipinski definition) is 4. The fourth-order valence-corrected chi connectivity index (χ4v) is 1.81. The van der Waals surface area contributed by atoms with Gasteiger partial charge in [-0.25, -0.2) is 9.97 Å². The first kappa shape index (κ1) is 10.2. The molecule has 2 heterocycles. The Morgan fingerprint density at radius 1 is 1.47 bits per heavy atom. The fraction of sp³-hybridized carbons (Fsp3) is 0.636. The van der Waals surface area contributed by atoms with Gasteiger partial charge >= 0.3 is 0 Å². The molecule has 2 rings (SSSR count). The maximum atomic E-state index is 5.35. The third-order valence-electron chi connectivity index (χ3n) is 3.01. The van der Waals surface area contributed by atoms with Crippen LogP contribution in [0, 0.1) is 5.92 Å². The van der Waals surface area contributed by atoms with Crippen molar-refractivity contribution in [2.75, 3.05) is 18.1 Å². The van der Waals surface area contributed by atoms with Crippen LogP contribution in [0.25, 0.3) is 0 Å². The van der Waals surface area contributed by atoms with Gasteiger partial charge in [-0.2, -0.15) is 0 Å². The molecule has 2 unspecified atom stereocenters. The van der Waals surface area contributed by atoms with E-state index in [1.165, 1.54) is 0 Å². The Kier molecular flexibility index (Phi) is 2.75. The highest BCUT2D eigenvalue weighted by Crippen LogP contribution is 2.29. The smallest absolute Gasteiger partial charge is 0.218 e. The molecule has 82 valence electrons. The molecule has 0 aromatic carbocycles. The number of ether oxygens (including phenoxy) is 1. The SMILES string of the molecule is CCOc1cc(N2CC(C)C2C)ncn1. The molecule has 0 radical (unpaired) electrons. The first-order chi connectivity index (χ1) is 7.22. The van der Waals surface area contributed by atoms with Crippen LogP contribution in [0.1, 0.15) is 20.8 Å². The molecule has 0 saturated carbocycles. The molecule has 0 N–H and O–H groups in total. The van der Waals surface area contributed by atoms with E-state index >= 15 is 0 Å². The number of anilines is 1. The third kappa shape index (κ3) is 1.89. The highest BCUT2D eigenvalue weighted by atomic mass is 16.5. The van der Waals surface area contributed by atoms with E-state index in [2.05, 4.69) is 28.7 Å². The lowest BCUT2D eigenvalue weighted by Gasteiger charge is -2.45. The quantitative estimate of drug-likeness (QED) is 0.756. The number of rotatable bonds is 3. The summed E-state index contributed by atoms with van der Waals surface area (Å²) < 4.78 is 5.35. The van der Waals surface area contributed by atoms with Gasteiger partial charge < -0.3 is 9.64 Å². The summed E-state index contributed by atoms with van der Waals surface area (Å²) in [6, 6.07) is 2.47. The highest BCUT2D eigenvalue weighted by molar-refractivity contribution is 5.45. The van der Waals surface area contributed by atoms with E-state index in [9.17, 15) is 0 Å². The van der Waals surface area contributed by atoms with Gasteiger partial charge in [-0.15, -0.1) is 0 Å². The number of hydrogen-bond donors (Lipinski definition) is 0. The van der Waals surface area contributed by atoms with Crippen molar-refractivity contribution < 1.29 is 4.74 Å². The minimum Gasteiger partial charge on any atom is -0.478 e. The summed E-state index contributed by atoms with van der Waals surface area (Å²) in [6.45, 7) is 8.14. The van der Waals surface area contributed by atoms with Gasteiger partial charge in [0, 0.05) is 18.7 Å². The molecule has 1 aromatic heterocycles. The van der Waals surface area contributed by atoms with Crippen LogP contribution in [0.4, 0.5) is 5.82 Å². The topological polar surface area (TPSA) is 38.2 Å². The van der Waals surface area contributed by atoms with Gasteiger partial charge in [-0.1, -0.05) is 6.92 Å². The van der Waals surface area contributed by atoms with Crippen LogP contribution < -0.4 is 9.64 Å². The van der Waals surface area contributed by atoms with Crippen LogP contribution >= 0.6 is 0 Å². The largest absolute Gasteiger partial charge is 0.478 e. The summed E-state index contributed by atoms with van der Waals surface area (Å²) in [7, 11) is 0. The second-order valence-corrected chi connectivity index (χ2v) is 4.02. The fourth-order valence-electron chi connectivity index (χ4n) is 1.81. The summed E-state index contributed by atoms with van der Waals surface area (Å²) >= 11 is 0. The van der Waals surface area contributed by atoms with E-state index in [0.29, 0.717) is 18.5 Å². The van der Waals surface area contributed by atoms with Gasteiger partial charge in [0.15, 0.2) is 0 Å². The zero-order valence-corrected chi connectivity index (χ0v) is 9.47. The molecule has 15 heavy (non-hydrogen) atoms. The van der Waals surface area contributed by atoms with Crippen LogP contribution in [0.2, 0.25) is 0 Å². The Labute approximate surface area is 90.3 Å². The van der Waals surface area contributed by atoms with Gasteiger partial charge in [-0.05, 0) is 19.8 Å². The average molecular weight is 207 g/mol. The molecule has 0 aliphatic carbocycles. The van der Waals surface area contributed by atoms with E-state index < -0.39 is 0 Å². The lowest BCUT2D eigenvalue weighted by Crippen LogP contribution is -2.53. The summed E-state index contributed by atoms with van der Waals surface area (Å²) in [5.74, 6) is 2.38.